The Bertz CT molecular complexity index is 1220. The molecule has 0 unspecified atom stereocenters. The van der Waals surface area contributed by atoms with Gasteiger partial charge >= 0.3 is 0 Å². The molecule has 0 atom stereocenters. The molecule has 1 fully saturated rings. The fraction of sp³-hybridized carbons (Fsp3) is 0.190. The molecule has 0 spiro atoms. The molecule has 8 nitrogen and oxygen atoms in total. The summed E-state index contributed by atoms with van der Waals surface area (Å²) >= 11 is 3.20. The molecule has 0 aromatic carbocycles. The van der Waals surface area contributed by atoms with Crippen LogP contribution in [0.4, 0.5) is 4.39 Å². The fourth-order valence-corrected chi connectivity index (χ4v) is 3.94. The van der Waals surface area contributed by atoms with Crippen LogP contribution in [0.25, 0.3) is 10.9 Å². The number of nitrogens with one attached hydrogen (secondary N) is 1. The first-order valence-corrected chi connectivity index (χ1v) is 10.2. The average Bonchev–Trinajstić information content (AvgIpc) is 3.27. The molecule has 0 aliphatic carbocycles. The zero-order chi connectivity index (χ0) is 22.1. The predicted molar refractivity (Wildman–Crippen MR) is 114 cm³/mol. The van der Waals surface area contributed by atoms with E-state index in [2.05, 4.69) is 30.9 Å². The first kappa shape index (κ1) is 20.9. The molecule has 158 valence electrons. The van der Waals surface area contributed by atoms with Gasteiger partial charge in [0.1, 0.15) is 10.3 Å². The maximum absolute atomic E-state index is 14.3. The van der Waals surface area contributed by atoms with E-state index in [1.54, 1.807) is 36.1 Å². The summed E-state index contributed by atoms with van der Waals surface area (Å²) in [6.45, 7) is 2.26. The summed E-state index contributed by atoms with van der Waals surface area (Å²) in [6.07, 6.45) is 5.51. The summed E-state index contributed by atoms with van der Waals surface area (Å²) in [5.74, 6) is -2.58. The molecule has 4 heterocycles. The molecule has 1 aliphatic heterocycles. The summed E-state index contributed by atoms with van der Waals surface area (Å²) in [6, 6.07) is 5.07. The minimum absolute atomic E-state index is 0.00576. The number of Topliss-reactive ketones (excluding diaryl/α,β-unsaturated/α-hetero) is 1. The summed E-state index contributed by atoms with van der Waals surface area (Å²) < 4.78 is 14.7. The number of hydrogen-bond acceptors (Lipinski definition) is 5. The minimum atomic E-state index is -0.841. The van der Waals surface area contributed by atoms with E-state index in [9.17, 15) is 18.8 Å². The zero-order valence-electron chi connectivity index (χ0n) is 16.4. The first-order chi connectivity index (χ1) is 14.9. The van der Waals surface area contributed by atoms with Gasteiger partial charge in [0.15, 0.2) is 5.82 Å². The van der Waals surface area contributed by atoms with Crippen molar-refractivity contribution in [3.05, 3.63) is 70.2 Å². The van der Waals surface area contributed by atoms with Crippen LogP contribution >= 0.6 is 15.9 Å². The van der Waals surface area contributed by atoms with Crippen molar-refractivity contribution >= 4 is 44.4 Å². The van der Waals surface area contributed by atoms with E-state index in [0.717, 1.165) is 6.20 Å². The molecule has 31 heavy (non-hydrogen) atoms. The molecular weight excluding hydrogens is 469 g/mol. The lowest BCUT2D eigenvalue weighted by Gasteiger charge is -2.36. The Balaban J connectivity index is 1.57. The van der Waals surface area contributed by atoms with Gasteiger partial charge in [-0.1, -0.05) is 12.1 Å². The molecule has 2 amide bonds. The molecule has 0 radical (unpaired) electrons. The van der Waals surface area contributed by atoms with Crippen molar-refractivity contribution in [2.24, 2.45) is 0 Å². The van der Waals surface area contributed by atoms with Gasteiger partial charge in [-0.15, -0.1) is 0 Å². The highest BCUT2D eigenvalue weighted by molar-refractivity contribution is 9.10. The second-order valence-electron chi connectivity index (χ2n) is 6.86. The van der Waals surface area contributed by atoms with Gasteiger partial charge in [0.05, 0.1) is 29.2 Å². The number of nitrogens with zero attached hydrogens (tertiary/aromatic N) is 4. The summed E-state index contributed by atoms with van der Waals surface area (Å²) in [4.78, 5) is 52.2. The van der Waals surface area contributed by atoms with Crippen LogP contribution in [0.3, 0.4) is 0 Å². The second-order valence-corrected chi connectivity index (χ2v) is 7.61. The average molecular weight is 486 g/mol. The lowest BCUT2D eigenvalue weighted by atomic mass is 10.1. The standard InChI is InChI=1S/C21H17BrFN5O3/c1-2-12-11-27(20(30)15-5-3-4-6-24-15)7-8-28(12)21(31)18(29)13-9-25-17-16(13)14(23)10-26-19(17)22/h2-6,9-10,25H,7-8,11H2,1H3. The monoisotopic (exact) mass is 485 g/mol. The number of pyridine rings is 2. The van der Waals surface area contributed by atoms with E-state index < -0.39 is 17.5 Å². The predicted octanol–water partition coefficient (Wildman–Crippen LogP) is 2.93. The number of fused-ring (bicyclic) bond motifs is 1. The third kappa shape index (κ3) is 3.74. The van der Waals surface area contributed by atoms with Crippen LogP contribution in [0.1, 0.15) is 27.8 Å². The van der Waals surface area contributed by atoms with Crippen LogP contribution in [0.2, 0.25) is 0 Å². The van der Waals surface area contributed by atoms with Gasteiger partial charge in [0.25, 0.3) is 17.6 Å². The second kappa shape index (κ2) is 8.38. The van der Waals surface area contributed by atoms with Gasteiger partial charge in [0, 0.05) is 31.2 Å². The molecule has 10 heteroatoms. The summed E-state index contributed by atoms with van der Waals surface area (Å²) in [5.41, 5.74) is 1.05. The zero-order valence-corrected chi connectivity index (χ0v) is 18.0. The van der Waals surface area contributed by atoms with Crippen molar-refractivity contribution in [2.45, 2.75) is 6.92 Å². The summed E-state index contributed by atoms with van der Waals surface area (Å²) in [7, 11) is 0. The largest absolute Gasteiger partial charge is 0.358 e. The topological polar surface area (TPSA) is 99.3 Å². The maximum Gasteiger partial charge on any atom is 0.299 e. The Kier molecular flexibility index (Phi) is 5.64. The normalized spacial score (nSPS) is 15.5. The number of amides is 2. The number of carbonyl (C=O) groups is 3. The van der Waals surface area contributed by atoms with E-state index in [4.69, 9.17) is 0 Å². The lowest BCUT2D eigenvalue weighted by molar-refractivity contribution is -0.125. The number of ketones is 1. The Labute approximate surface area is 184 Å². The maximum atomic E-state index is 14.3. The number of allylic oxidation sites excluding steroid dienone is 1. The molecule has 0 bridgehead atoms. The van der Waals surface area contributed by atoms with Crippen molar-refractivity contribution in [3.63, 3.8) is 0 Å². The molecule has 1 saturated heterocycles. The minimum Gasteiger partial charge on any atom is -0.358 e. The number of rotatable bonds is 3. The summed E-state index contributed by atoms with van der Waals surface area (Å²) in [5, 5.41) is 0.00576. The van der Waals surface area contributed by atoms with Crippen LogP contribution in [0.15, 0.2) is 53.2 Å². The Hall–Kier alpha value is -3.40. The SMILES string of the molecule is CC=C1CN(C(=O)c2ccccn2)CCN1C(=O)C(=O)c1c[nH]c2c(Br)ncc(F)c12. The van der Waals surface area contributed by atoms with Crippen LogP contribution < -0.4 is 0 Å². The highest BCUT2D eigenvalue weighted by Crippen LogP contribution is 2.27. The number of hydrogen-bond donors (Lipinski definition) is 1. The number of halogens is 2. The van der Waals surface area contributed by atoms with E-state index in [0.29, 0.717) is 21.5 Å². The highest BCUT2D eigenvalue weighted by Gasteiger charge is 2.33. The number of aromatic amines is 1. The Morgan fingerprint density at radius 1 is 1.23 bits per heavy atom. The molecular formula is C21H17BrFN5O3. The van der Waals surface area contributed by atoms with Crippen molar-refractivity contribution in [2.75, 3.05) is 19.6 Å². The smallest absolute Gasteiger partial charge is 0.299 e. The van der Waals surface area contributed by atoms with Crippen LogP contribution in [0.5, 0.6) is 0 Å². The van der Waals surface area contributed by atoms with E-state index in [1.807, 2.05) is 0 Å². The Morgan fingerprint density at radius 3 is 2.74 bits per heavy atom. The lowest BCUT2D eigenvalue weighted by Crippen LogP contribution is -2.50. The third-order valence-electron chi connectivity index (χ3n) is 5.10. The number of piperazine rings is 1. The van der Waals surface area contributed by atoms with Crippen molar-refractivity contribution in [1.29, 1.82) is 0 Å². The van der Waals surface area contributed by atoms with Crippen molar-refractivity contribution < 1.29 is 18.8 Å². The van der Waals surface area contributed by atoms with Gasteiger partial charge in [-0.3, -0.25) is 19.4 Å². The van der Waals surface area contributed by atoms with E-state index >= 15 is 0 Å². The van der Waals surface area contributed by atoms with Gasteiger partial charge in [-0.25, -0.2) is 9.37 Å². The van der Waals surface area contributed by atoms with Crippen LogP contribution in [-0.4, -0.2) is 62.0 Å². The molecule has 3 aromatic rings. The number of carbonyl (C=O) groups excluding carboxylic acids is 3. The van der Waals surface area contributed by atoms with Crippen molar-refractivity contribution in [1.82, 2.24) is 24.8 Å². The third-order valence-corrected chi connectivity index (χ3v) is 5.70. The fourth-order valence-electron chi connectivity index (χ4n) is 3.52. The van der Waals surface area contributed by atoms with Gasteiger partial charge in [-0.2, -0.15) is 0 Å². The molecule has 3 aromatic heterocycles. The number of H-pyrrole nitrogens is 1. The quantitative estimate of drug-likeness (QED) is 0.349. The Morgan fingerprint density at radius 2 is 2.03 bits per heavy atom. The van der Waals surface area contributed by atoms with Crippen LogP contribution in [-0.2, 0) is 4.79 Å². The number of aromatic nitrogens is 3. The van der Waals surface area contributed by atoms with Crippen molar-refractivity contribution in [3.8, 4) is 0 Å². The van der Waals surface area contributed by atoms with Crippen LogP contribution in [0, 0.1) is 5.82 Å². The van der Waals surface area contributed by atoms with E-state index in [-0.39, 0.29) is 36.5 Å². The molecule has 1 N–H and O–H groups in total. The molecule has 0 saturated carbocycles. The molecule has 4 rings (SSSR count). The first-order valence-electron chi connectivity index (χ1n) is 9.45. The highest BCUT2D eigenvalue weighted by atomic mass is 79.9. The van der Waals surface area contributed by atoms with E-state index in [1.165, 1.54) is 17.3 Å². The van der Waals surface area contributed by atoms with Gasteiger partial charge in [0.2, 0.25) is 0 Å². The molecule has 1 aliphatic rings. The van der Waals surface area contributed by atoms with Gasteiger partial charge in [-0.05, 0) is 35.0 Å². The van der Waals surface area contributed by atoms with Gasteiger partial charge < -0.3 is 14.8 Å².